The fourth-order valence-electron chi connectivity index (χ4n) is 1.32. The van der Waals surface area contributed by atoms with Gasteiger partial charge in [0.25, 0.3) is 6.39 Å². The Labute approximate surface area is 87.5 Å². The average molecular weight is 204 g/mol. The van der Waals surface area contributed by atoms with Crippen LogP contribution in [0.5, 0.6) is 11.5 Å². The van der Waals surface area contributed by atoms with Crippen molar-refractivity contribution in [1.82, 2.24) is 4.98 Å². The molecule has 0 saturated carbocycles. The summed E-state index contributed by atoms with van der Waals surface area (Å²) in [5.41, 5.74) is 1.54. The van der Waals surface area contributed by atoms with Crippen LogP contribution in [0.3, 0.4) is 0 Å². The Morgan fingerprint density at radius 3 is 2.73 bits per heavy atom. The molecule has 0 atom stereocenters. The highest BCUT2D eigenvalue weighted by molar-refractivity contribution is 5.67. The van der Waals surface area contributed by atoms with Gasteiger partial charge in [-0.3, -0.25) is 0 Å². The van der Waals surface area contributed by atoms with E-state index in [1.807, 2.05) is 12.1 Å². The molecule has 0 unspecified atom stereocenters. The molecule has 4 heteroatoms. The van der Waals surface area contributed by atoms with Crippen molar-refractivity contribution >= 4 is 0 Å². The van der Waals surface area contributed by atoms with Gasteiger partial charge in [-0.05, 0) is 12.1 Å². The number of benzene rings is 1. The van der Waals surface area contributed by atoms with E-state index in [2.05, 4.69) is 11.4 Å². The lowest BCUT2D eigenvalue weighted by Crippen LogP contribution is -1.90. The number of oxazole rings is 1. The van der Waals surface area contributed by atoms with Gasteiger partial charge in [-0.25, -0.2) is 4.98 Å². The van der Waals surface area contributed by atoms with Crippen molar-refractivity contribution in [1.29, 1.82) is 0 Å². The predicted octanol–water partition coefficient (Wildman–Crippen LogP) is 2.16. The van der Waals surface area contributed by atoms with Crippen LogP contribution in [0, 0.1) is 6.39 Å². The number of hydrogen-bond acceptors (Lipinski definition) is 4. The molecule has 1 aromatic carbocycles. The highest BCUT2D eigenvalue weighted by atomic mass is 16.5. The van der Waals surface area contributed by atoms with E-state index >= 15 is 0 Å². The lowest BCUT2D eigenvalue weighted by molar-refractivity contribution is 0.395. The van der Waals surface area contributed by atoms with Crippen LogP contribution in [0.15, 0.2) is 28.9 Å². The molecular weight excluding hydrogens is 194 g/mol. The zero-order valence-corrected chi connectivity index (χ0v) is 8.48. The maximum Gasteiger partial charge on any atom is 0.284 e. The molecule has 0 aliphatic rings. The summed E-state index contributed by atoms with van der Waals surface area (Å²) in [5.74, 6) is 1.43. The molecule has 77 valence electrons. The highest BCUT2D eigenvalue weighted by Crippen LogP contribution is 2.31. The van der Waals surface area contributed by atoms with E-state index in [-0.39, 0.29) is 0 Å². The summed E-state index contributed by atoms with van der Waals surface area (Å²) < 4.78 is 15.1. The van der Waals surface area contributed by atoms with Gasteiger partial charge in [0.2, 0.25) is 0 Å². The Morgan fingerprint density at radius 1 is 1.27 bits per heavy atom. The minimum Gasteiger partial charge on any atom is -0.497 e. The quantitative estimate of drug-likeness (QED) is 0.768. The standard InChI is InChI=1S/C11H10NO3/c1-13-8-3-4-9(11(5-8)14-2)10-6-15-7-12-10/h3-6H,1-2H3. The van der Waals surface area contributed by atoms with Crippen molar-refractivity contribution < 1.29 is 13.9 Å². The van der Waals surface area contributed by atoms with Crippen LogP contribution in [-0.2, 0) is 0 Å². The third-order valence-corrected chi connectivity index (χ3v) is 2.07. The molecule has 0 bridgehead atoms. The monoisotopic (exact) mass is 204 g/mol. The van der Waals surface area contributed by atoms with Gasteiger partial charge >= 0.3 is 0 Å². The number of hydrogen-bond donors (Lipinski definition) is 0. The van der Waals surface area contributed by atoms with E-state index in [0.29, 0.717) is 11.4 Å². The summed E-state index contributed by atoms with van der Waals surface area (Å²) in [4.78, 5) is 3.94. The van der Waals surface area contributed by atoms with E-state index in [4.69, 9.17) is 13.9 Å². The molecule has 1 heterocycles. The van der Waals surface area contributed by atoms with Crippen LogP contribution in [-0.4, -0.2) is 19.2 Å². The van der Waals surface area contributed by atoms with Crippen LogP contribution in [0.2, 0.25) is 0 Å². The van der Waals surface area contributed by atoms with Crippen molar-refractivity contribution in [3.05, 3.63) is 30.9 Å². The molecule has 0 saturated heterocycles. The first-order chi connectivity index (χ1) is 7.35. The number of rotatable bonds is 3. The van der Waals surface area contributed by atoms with E-state index in [0.717, 1.165) is 11.3 Å². The SMILES string of the molecule is COc1ccc(-c2co[c]n2)c(OC)c1. The summed E-state index contributed by atoms with van der Waals surface area (Å²) in [6, 6.07) is 5.50. The maximum atomic E-state index is 5.24. The molecule has 0 amide bonds. The van der Waals surface area contributed by atoms with Crippen LogP contribution >= 0.6 is 0 Å². The molecule has 0 fully saturated rings. The first-order valence-electron chi connectivity index (χ1n) is 4.39. The molecule has 2 rings (SSSR count). The fourth-order valence-corrected chi connectivity index (χ4v) is 1.32. The molecule has 15 heavy (non-hydrogen) atoms. The van der Waals surface area contributed by atoms with Crippen LogP contribution in [0.1, 0.15) is 0 Å². The third kappa shape index (κ3) is 1.79. The molecule has 0 N–H and O–H groups in total. The van der Waals surface area contributed by atoms with Crippen molar-refractivity contribution in [2.24, 2.45) is 0 Å². The lowest BCUT2D eigenvalue weighted by atomic mass is 10.1. The van der Waals surface area contributed by atoms with Gasteiger partial charge < -0.3 is 13.9 Å². The van der Waals surface area contributed by atoms with Gasteiger partial charge in [-0.1, -0.05) is 0 Å². The highest BCUT2D eigenvalue weighted by Gasteiger charge is 2.09. The zero-order valence-electron chi connectivity index (χ0n) is 8.48. The van der Waals surface area contributed by atoms with Gasteiger partial charge in [0.15, 0.2) is 0 Å². The van der Waals surface area contributed by atoms with E-state index in [9.17, 15) is 0 Å². The first-order valence-corrected chi connectivity index (χ1v) is 4.39. The number of ether oxygens (including phenoxy) is 2. The largest absolute Gasteiger partial charge is 0.497 e. The summed E-state index contributed by atoms with van der Waals surface area (Å²) in [6.45, 7) is 0. The molecule has 0 aliphatic heterocycles. The van der Waals surface area contributed by atoms with Crippen LogP contribution in [0.4, 0.5) is 0 Å². The topological polar surface area (TPSA) is 44.5 Å². The molecule has 4 nitrogen and oxygen atoms in total. The second kappa shape index (κ2) is 4.04. The van der Waals surface area contributed by atoms with Gasteiger partial charge in [0, 0.05) is 11.6 Å². The normalized spacial score (nSPS) is 10.0. The van der Waals surface area contributed by atoms with Crippen molar-refractivity contribution in [3.63, 3.8) is 0 Å². The van der Waals surface area contributed by atoms with Crippen molar-refractivity contribution in [2.45, 2.75) is 0 Å². The second-order valence-corrected chi connectivity index (χ2v) is 2.89. The molecule has 1 radical (unpaired) electrons. The maximum absolute atomic E-state index is 5.24. The molecule has 0 spiro atoms. The van der Waals surface area contributed by atoms with Crippen molar-refractivity contribution in [2.75, 3.05) is 14.2 Å². The van der Waals surface area contributed by atoms with E-state index < -0.39 is 0 Å². The lowest BCUT2D eigenvalue weighted by Gasteiger charge is -2.07. The second-order valence-electron chi connectivity index (χ2n) is 2.89. The fraction of sp³-hybridized carbons (Fsp3) is 0.182. The van der Waals surface area contributed by atoms with E-state index in [1.54, 1.807) is 20.3 Å². The van der Waals surface area contributed by atoms with Crippen LogP contribution in [0.25, 0.3) is 11.3 Å². The Morgan fingerprint density at radius 2 is 2.13 bits per heavy atom. The number of nitrogens with zero attached hydrogens (tertiary/aromatic N) is 1. The average Bonchev–Trinajstić information content (AvgIpc) is 2.81. The Kier molecular flexibility index (Phi) is 2.58. The summed E-state index contributed by atoms with van der Waals surface area (Å²) in [7, 11) is 3.21. The van der Waals surface area contributed by atoms with E-state index in [1.165, 1.54) is 6.26 Å². The number of aromatic nitrogens is 1. The van der Waals surface area contributed by atoms with Gasteiger partial charge in [-0.15, -0.1) is 0 Å². The summed E-state index contributed by atoms with van der Waals surface area (Å²) in [6.07, 6.45) is 3.91. The Balaban J connectivity index is 2.48. The van der Waals surface area contributed by atoms with Crippen molar-refractivity contribution in [3.8, 4) is 22.8 Å². The van der Waals surface area contributed by atoms with Gasteiger partial charge in [0.1, 0.15) is 23.5 Å². The van der Waals surface area contributed by atoms with Crippen LogP contribution < -0.4 is 9.47 Å². The predicted molar refractivity (Wildman–Crippen MR) is 53.9 cm³/mol. The zero-order chi connectivity index (χ0) is 10.7. The molecule has 0 aliphatic carbocycles. The summed E-state index contributed by atoms with van der Waals surface area (Å²) >= 11 is 0. The molecule has 1 aromatic heterocycles. The minimum atomic E-state index is 0.689. The Bertz CT molecular complexity index is 437. The third-order valence-electron chi connectivity index (χ3n) is 2.07. The smallest absolute Gasteiger partial charge is 0.284 e. The minimum absolute atomic E-state index is 0.689. The first kappa shape index (κ1) is 9.58. The van der Waals surface area contributed by atoms with Gasteiger partial charge in [0.05, 0.1) is 14.2 Å². The molecule has 2 aromatic rings. The summed E-state index contributed by atoms with van der Waals surface area (Å²) in [5, 5.41) is 0. The van der Waals surface area contributed by atoms with Gasteiger partial charge in [-0.2, -0.15) is 0 Å². The number of methoxy groups -OCH3 is 2. The molecular formula is C11H10NO3. The Hall–Kier alpha value is -1.97.